The first-order valence-electron chi connectivity index (χ1n) is 8.22. The highest BCUT2D eigenvalue weighted by molar-refractivity contribution is 5.34. The number of nitrogens with two attached hydrogens (primary N) is 1. The first-order valence-corrected chi connectivity index (χ1v) is 8.22. The third-order valence-corrected chi connectivity index (χ3v) is 4.49. The summed E-state index contributed by atoms with van der Waals surface area (Å²) in [6.45, 7) is 9.84. The first-order chi connectivity index (χ1) is 9.65. The molecule has 0 spiro atoms. The lowest BCUT2D eigenvalue weighted by Gasteiger charge is -2.34. The largest absolute Gasteiger partial charge is 0.342 e. The molecule has 1 aromatic heterocycles. The van der Waals surface area contributed by atoms with E-state index in [1.54, 1.807) is 0 Å². The molecule has 2 heterocycles. The van der Waals surface area contributed by atoms with Crippen LogP contribution in [0.4, 0.5) is 5.95 Å². The van der Waals surface area contributed by atoms with Crippen LogP contribution in [0, 0.1) is 5.92 Å². The van der Waals surface area contributed by atoms with Crippen LogP contribution in [0.1, 0.15) is 52.1 Å². The van der Waals surface area contributed by atoms with E-state index in [4.69, 9.17) is 10.7 Å². The van der Waals surface area contributed by atoms with Crippen molar-refractivity contribution in [2.75, 3.05) is 18.0 Å². The Morgan fingerprint density at radius 3 is 2.60 bits per heavy atom. The summed E-state index contributed by atoms with van der Waals surface area (Å²) in [5, 5.41) is 0. The third-order valence-electron chi connectivity index (χ3n) is 4.49. The minimum absolute atomic E-state index is 0.322. The lowest BCUT2D eigenvalue weighted by atomic mass is 9.91. The Hall–Kier alpha value is -1.03. The number of hydrogen-bond donors (Lipinski definition) is 1. The Morgan fingerprint density at radius 1 is 1.35 bits per heavy atom. The molecule has 1 aromatic rings. The van der Waals surface area contributed by atoms with Gasteiger partial charge in [-0.05, 0) is 38.5 Å². The lowest BCUT2D eigenvalue weighted by Crippen LogP contribution is -2.40. The summed E-state index contributed by atoms with van der Waals surface area (Å²) in [6.07, 6.45) is 8.10. The van der Waals surface area contributed by atoms with Crippen LogP contribution in [0.5, 0.6) is 0 Å². The summed E-state index contributed by atoms with van der Waals surface area (Å²) >= 11 is 0. The highest BCUT2D eigenvalue weighted by Gasteiger charge is 2.24. The maximum atomic E-state index is 6.03. The van der Waals surface area contributed by atoms with Crippen LogP contribution in [0.25, 0.3) is 0 Å². The molecule has 0 saturated carbocycles. The smallest absolute Gasteiger partial charge is 0.205 e. The van der Waals surface area contributed by atoms with Gasteiger partial charge in [-0.3, -0.25) is 0 Å². The quantitative estimate of drug-likeness (QED) is 0.870. The highest BCUT2D eigenvalue weighted by Crippen LogP contribution is 2.25. The van der Waals surface area contributed by atoms with Crippen LogP contribution in [-0.2, 0) is 13.0 Å². The molecule has 0 aromatic carbocycles. The van der Waals surface area contributed by atoms with Crippen LogP contribution >= 0.6 is 0 Å². The molecule has 2 N–H and O–H groups in total. The lowest BCUT2D eigenvalue weighted by molar-refractivity contribution is 0.350. The Morgan fingerprint density at radius 2 is 2.05 bits per heavy atom. The highest BCUT2D eigenvalue weighted by atomic mass is 15.3. The molecule has 2 rings (SSSR count). The molecule has 1 aliphatic rings. The fourth-order valence-corrected chi connectivity index (χ4v) is 3.00. The number of unbranched alkanes of at least 4 members (excludes halogenated alkanes) is 1. The van der Waals surface area contributed by atoms with Crippen molar-refractivity contribution in [3.05, 3.63) is 11.9 Å². The van der Waals surface area contributed by atoms with Crippen molar-refractivity contribution in [2.45, 2.75) is 65.5 Å². The number of rotatable bonds is 6. The van der Waals surface area contributed by atoms with E-state index in [2.05, 4.69) is 36.4 Å². The summed E-state index contributed by atoms with van der Waals surface area (Å²) in [6, 6.07) is 0.322. The van der Waals surface area contributed by atoms with Crippen molar-refractivity contribution in [3.8, 4) is 0 Å². The van der Waals surface area contributed by atoms with Crippen molar-refractivity contribution < 1.29 is 0 Å². The molecule has 0 bridgehead atoms. The summed E-state index contributed by atoms with van der Waals surface area (Å²) in [5.41, 5.74) is 7.25. The Kier molecular flexibility index (Phi) is 5.46. The molecule has 20 heavy (non-hydrogen) atoms. The Labute approximate surface area is 123 Å². The van der Waals surface area contributed by atoms with Crippen LogP contribution < -0.4 is 10.6 Å². The molecule has 1 unspecified atom stereocenters. The fraction of sp³-hybridized carbons (Fsp3) is 0.812. The number of hydrogen-bond acceptors (Lipinski definition) is 3. The SMILES string of the molecule is CCCCn1cc(CC)nc1N1CCC(C(C)N)CC1. The van der Waals surface area contributed by atoms with E-state index in [9.17, 15) is 0 Å². The summed E-state index contributed by atoms with van der Waals surface area (Å²) in [7, 11) is 0. The second-order valence-electron chi connectivity index (χ2n) is 6.12. The number of anilines is 1. The predicted molar refractivity (Wildman–Crippen MR) is 85.1 cm³/mol. The molecule has 1 saturated heterocycles. The Bertz CT molecular complexity index is 403. The van der Waals surface area contributed by atoms with Gasteiger partial charge in [-0.15, -0.1) is 0 Å². The molecule has 1 atom stereocenters. The average Bonchev–Trinajstić information content (AvgIpc) is 2.88. The minimum atomic E-state index is 0.322. The van der Waals surface area contributed by atoms with Gasteiger partial charge in [0.2, 0.25) is 5.95 Å². The molecule has 4 nitrogen and oxygen atoms in total. The zero-order chi connectivity index (χ0) is 14.5. The van der Waals surface area contributed by atoms with E-state index < -0.39 is 0 Å². The van der Waals surface area contributed by atoms with Gasteiger partial charge in [0.25, 0.3) is 0 Å². The van der Waals surface area contributed by atoms with Crippen LogP contribution in [-0.4, -0.2) is 28.7 Å². The molecule has 1 fully saturated rings. The fourth-order valence-electron chi connectivity index (χ4n) is 3.00. The summed E-state index contributed by atoms with van der Waals surface area (Å²) < 4.78 is 2.36. The van der Waals surface area contributed by atoms with Gasteiger partial charge in [-0.2, -0.15) is 0 Å². The molecule has 1 aliphatic heterocycles. The van der Waals surface area contributed by atoms with E-state index in [0.717, 1.165) is 26.1 Å². The number of piperidine rings is 1. The number of aryl methyl sites for hydroxylation is 2. The normalized spacial score (nSPS) is 18.5. The van der Waals surface area contributed by atoms with Gasteiger partial charge < -0.3 is 15.2 Å². The maximum Gasteiger partial charge on any atom is 0.205 e. The molecular weight excluding hydrogens is 248 g/mol. The van der Waals surface area contributed by atoms with Gasteiger partial charge in [-0.1, -0.05) is 20.3 Å². The predicted octanol–water partition coefficient (Wildman–Crippen LogP) is 2.81. The van der Waals surface area contributed by atoms with E-state index in [1.807, 2.05) is 0 Å². The van der Waals surface area contributed by atoms with Gasteiger partial charge in [0, 0.05) is 31.9 Å². The van der Waals surface area contributed by atoms with E-state index in [-0.39, 0.29) is 0 Å². The molecule has 114 valence electrons. The first kappa shape index (κ1) is 15.4. The molecule has 0 aliphatic carbocycles. The van der Waals surface area contributed by atoms with E-state index in [1.165, 1.54) is 37.3 Å². The average molecular weight is 278 g/mol. The van der Waals surface area contributed by atoms with Gasteiger partial charge >= 0.3 is 0 Å². The van der Waals surface area contributed by atoms with Gasteiger partial charge in [-0.25, -0.2) is 4.98 Å². The van der Waals surface area contributed by atoms with Crippen molar-refractivity contribution in [3.63, 3.8) is 0 Å². The zero-order valence-corrected chi connectivity index (χ0v) is 13.3. The minimum Gasteiger partial charge on any atom is -0.342 e. The van der Waals surface area contributed by atoms with E-state index in [0.29, 0.717) is 12.0 Å². The second-order valence-corrected chi connectivity index (χ2v) is 6.12. The van der Waals surface area contributed by atoms with Gasteiger partial charge in [0.05, 0.1) is 5.69 Å². The van der Waals surface area contributed by atoms with Gasteiger partial charge in [0.1, 0.15) is 0 Å². The van der Waals surface area contributed by atoms with Crippen molar-refractivity contribution in [1.29, 1.82) is 0 Å². The van der Waals surface area contributed by atoms with Crippen LogP contribution in [0.3, 0.4) is 0 Å². The van der Waals surface area contributed by atoms with Gasteiger partial charge in [0.15, 0.2) is 0 Å². The standard InChI is InChI=1S/C16H30N4/c1-4-6-9-20-12-15(5-2)18-16(20)19-10-7-14(8-11-19)13(3)17/h12-14H,4-11,17H2,1-3H3. The van der Waals surface area contributed by atoms with Crippen LogP contribution in [0.15, 0.2) is 6.20 Å². The maximum absolute atomic E-state index is 6.03. The van der Waals surface area contributed by atoms with Crippen LogP contribution in [0.2, 0.25) is 0 Å². The third kappa shape index (κ3) is 3.54. The Balaban J connectivity index is 2.06. The molecular formula is C16H30N4. The zero-order valence-electron chi connectivity index (χ0n) is 13.3. The summed E-state index contributed by atoms with van der Waals surface area (Å²) in [5.74, 6) is 1.86. The van der Waals surface area contributed by atoms with Crippen molar-refractivity contribution in [1.82, 2.24) is 9.55 Å². The molecule has 0 amide bonds. The second kappa shape index (κ2) is 7.11. The van der Waals surface area contributed by atoms with Crippen molar-refractivity contribution in [2.24, 2.45) is 11.7 Å². The number of aromatic nitrogens is 2. The molecule has 4 heteroatoms. The van der Waals surface area contributed by atoms with E-state index >= 15 is 0 Å². The molecule has 0 radical (unpaired) electrons. The monoisotopic (exact) mass is 278 g/mol. The number of imidazole rings is 1. The summed E-state index contributed by atoms with van der Waals surface area (Å²) in [4.78, 5) is 7.28. The number of nitrogens with zero attached hydrogens (tertiary/aromatic N) is 3. The van der Waals surface area contributed by atoms with Crippen molar-refractivity contribution >= 4 is 5.95 Å². The topological polar surface area (TPSA) is 47.1 Å².